The molecule has 132 valence electrons. The Balaban J connectivity index is 1.69. The lowest BCUT2D eigenvalue weighted by molar-refractivity contribution is -0.148. The molecule has 2 atom stereocenters. The number of aliphatic carboxylic acids is 1. The van der Waals surface area contributed by atoms with Crippen LogP contribution >= 0.6 is 27.5 Å². The van der Waals surface area contributed by atoms with Crippen molar-refractivity contribution in [3.8, 4) is 10.6 Å². The van der Waals surface area contributed by atoms with Gasteiger partial charge in [0.2, 0.25) is 0 Å². The van der Waals surface area contributed by atoms with E-state index in [9.17, 15) is 14.3 Å². The summed E-state index contributed by atoms with van der Waals surface area (Å²) in [5.41, 5.74) is 0.104. The highest BCUT2D eigenvalue weighted by Gasteiger charge is 2.47. The molecule has 3 fully saturated rings. The number of halogens is 2. The largest absolute Gasteiger partial charge is 0.481 e. The third-order valence-corrected chi connectivity index (χ3v) is 6.25. The van der Waals surface area contributed by atoms with E-state index in [4.69, 9.17) is 0 Å². The van der Waals surface area contributed by atoms with E-state index >= 15 is 0 Å². The summed E-state index contributed by atoms with van der Waals surface area (Å²) in [7, 11) is 0. The van der Waals surface area contributed by atoms with Gasteiger partial charge in [0, 0.05) is 6.04 Å². The summed E-state index contributed by atoms with van der Waals surface area (Å²) in [4.78, 5) is 20.4. The van der Waals surface area contributed by atoms with E-state index in [1.54, 1.807) is 0 Å². The summed E-state index contributed by atoms with van der Waals surface area (Å²) < 4.78 is 18.9. The second-order valence-electron chi connectivity index (χ2n) is 6.49. The van der Waals surface area contributed by atoms with E-state index in [1.807, 2.05) is 0 Å². The number of carbonyl (C=O) groups is 1. The lowest BCUT2D eigenvalue weighted by Crippen LogP contribution is -2.51. The lowest BCUT2D eigenvalue weighted by atomic mass is 9.61. The van der Waals surface area contributed by atoms with Crippen LogP contribution in [0.4, 0.5) is 10.2 Å². The van der Waals surface area contributed by atoms with Crippen molar-refractivity contribution in [1.82, 2.24) is 19.6 Å². The normalized spacial score (nSPS) is 28.1. The molecule has 10 heteroatoms. The van der Waals surface area contributed by atoms with E-state index < -0.39 is 17.7 Å². The van der Waals surface area contributed by atoms with Crippen molar-refractivity contribution < 1.29 is 14.3 Å². The second kappa shape index (κ2) is 6.56. The molecule has 0 aliphatic heterocycles. The third kappa shape index (κ3) is 3.01. The zero-order chi connectivity index (χ0) is 17.6. The standard InChI is InChI=1S/C15H15BrFN5O2S/c16-15-20-12(8-5-18-22-25-8)10(17)13(21-15)19-11-7-3-1-6(2-4-7)9(11)14(23)24/h5-7,9,11H,1-4H2,(H,23,24)(H,19,20,21). The van der Waals surface area contributed by atoms with E-state index in [1.165, 1.54) is 6.20 Å². The first kappa shape index (κ1) is 16.8. The van der Waals surface area contributed by atoms with Crippen LogP contribution < -0.4 is 5.32 Å². The van der Waals surface area contributed by atoms with Crippen molar-refractivity contribution in [2.75, 3.05) is 5.32 Å². The maximum absolute atomic E-state index is 14.9. The summed E-state index contributed by atoms with van der Waals surface area (Å²) in [5, 5.41) is 16.4. The first-order valence-corrected chi connectivity index (χ1v) is 9.61. The van der Waals surface area contributed by atoms with E-state index in [0.717, 1.165) is 37.2 Å². The molecule has 3 aliphatic carbocycles. The minimum atomic E-state index is -0.827. The number of aromatic nitrogens is 4. The van der Waals surface area contributed by atoms with Gasteiger partial charge in [0.1, 0.15) is 5.69 Å². The minimum Gasteiger partial charge on any atom is -0.481 e. The molecule has 0 amide bonds. The number of hydrogen-bond acceptors (Lipinski definition) is 7. The van der Waals surface area contributed by atoms with Crippen LogP contribution in [0.1, 0.15) is 25.7 Å². The number of rotatable bonds is 4. The number of hydrogen-bond donors (Lipinski definition) is 2. The molecule has 3 saturated carbocycles. The number of carboxylic acids is 1. The molecule has 2 aromatic rings. The van der Waals surface area contributed by atoms with Crippen LogP contribution in [0.2, 0.25) is 0 Å². The molecular weight excluding hydrogens is 413 g/mol. The average molecular weight is 428 g/mol. The first-order chi connectivity index (χ1) is 12.0. The maximum atomic E-state index is 14.9. The predicted molar refractivity (Wildman–Crippen MR) is 92.6 cm³/mol. The van der Waals surface area contributed by atoms with Gasteiger partial charge in [0.05, 0.1) is 17.0 Å². The van der Waals surface area contributed by atoms with E-state index in [0.29, 0.717) is 4.88 Å². The van der Waals surface area contributed by atoms with Crippen LogP contribution in [-0.2, 0) is 4.79 Å². The summed E-state index contributed by atoms with van der Waals surface area (Å²) >= 11 is 4.24. The van der Waals surface area contributed by atoms with Crippen molar-refractivity contribution in [3.05, 3.63) is 16.7 Å². The summed E-state index contributed by atoms with van der Waals surface area (Å²) in [5.74, 6) is -1.58. The Kier molecular flexibility index (Phi) is 4.40. The van der Waals surface area contributed by atoms with Crippen LogP contribution in [-0.4, -0.2) is 36.7 Å². The average Bonchev–Trinajstić information content (AvgIpc) is 3.12. The molecular formula is C15H15BrFN5O2S. The summed E-state index contributed by atoms with van der Waals surface area (Å²) in [6.07, 6.45) is 5.22. The van der Waals surface area contributed by atoms with Crippen LogP contribution in [0.15, 0.2) is 10.9 Å². The van der Waals surface area contributed by atoms with Crippen molar-refractivity contribution in [2.24, 2.45) is 17.8 Å². The van der Waals surface area contributed by atoms with Gasteiger partial charge in [-0.2, -0.15) is 0 Å². The third-order valence-electron chi connectivity index (χ3n) is 5.23. The molecule has 3 aliphatic rings. The Bertz CT molecular complexity index is 797. The van der Waals surface area contributed by atoms with Crippen LogP contribution in [0.5, 0.6) is 0 Å². The highest BCUT2D eigenvalue weighted by atomic mass is 79.9. The Morgan fingerprint density at radius 3 is 2.64 bits per heavy atom. The minimum absolute atomic E-state index is 0.0223. The molecule has 25 heavy (non-hydrogen) atoms. The fourth-order valence-electron chi connectivity index (χ4n) is 4.12. The van der Waals surface area contributed by atoms with Gasteiger partial charge < -0.3 is 10.4 Å². The molecule has 2 unspecified atom stereocenters. The van der Waals surface area contributed by atoms with Crippen molar-refractivity contribution in [1.29, 1.82) is 0 Å². The molecule has 0 radical (unpaired) electrons. The number of nitrogens with zero attached hydrogens (tertiary/aromatic N) is 4. The van der Waals surface area contributed by atoms with Crippen LogP contribution in [0, 0.1) is 23.6 Å². The topological polar surface area (TPSA) is 101 Å². The smallest absolute Gasteiger partial charge is 0.308 e. The van der Waals surface area contributed by atoms with Crippen molar-refractivity contribution in [2.45, 2.75) is 31.7 Å². The van der Waals surface area contributed by atoms with Crippen molar-refractivity contribution in [3.63, 3.8) is 0 Å². The first-order valence-electron chi connectivity index (χ1n) is 8.04. The fourth-order valence-corrected chi connectivity index (χ4v) is 4.97. The van der Waals surface area contributed by atoms with Crippen molar-refractivity contribution >= 4 is 39.2 Å². The highest BCUT2D eigenvalue weighted by Crippen LogP contribution is 2.46. The van der Waals surface area contributed by atoms with Gasteiger partial charge >= 0.3 is 5.97 Å². The number of anilines is 1. The molecule has 7 nitrogen and oxygen atoms in total. The molecule has 0 spiro atoms. The SMILES string of the molecule is O=C(O)C1C2CCC(CC2)C1Nc1nc(Br)nc(-c2cnns2)c1F. The van der Waals surface area contributed by atoms with Gasteiger partial charge in [0.25, 0.3) is 0 Å². The fraction of sp³-hybridized carbons (Fsp3) is 0.533. The second-order valence-corrected chi connectivity index (χ2v) is 7.99. The summed E-state index contributed by atoms with van der Waals surface area (Å²) in [6.45, 7) is 0. The molecule has 0 aromatic carbocycles. The predicted octanol–water partition coefficient (Wildman–Crippen LogP) is 3.20. The van der Waals surface area contributed by atoms with Gasteiger partial charge in [-0.15, -0.1) is 5.10 Å². The van der Waals surface area contributed by atoms with Gasteiger partial charge in [-0.25, -0.2) is 14.4 Å². The highest BCUT2D eigenvalue weighted by molar-refractivity contribution is 9.10. The molecule has 0 saturated heterocycles. The quantitative estimate of drug-likeness (QED) is 0.722. The Hall–Kier alpha value is -1.68. The zero-order valence-corrected chi connectivity index (χ0v) is 15.4. The molecule has 2 N–H and O–H groups in total. The monoisotopic (exact) mass is 427 g/mol. The Morgan fingerprint density at radius 1 is 1.28 bits per heavy atom. The summed E-state index contributed by atoms with van der Waals surface area (Å²) in [6, 6.07) is -0.325. The number of carboxylic acid groups (broad SMARTS) is 1. The lowest BCUT2D eigenvalue weighted by Gasteiger charge is -2.47. The van der Waals surface area contributed by atoms with Gasteiger partial charge in [-0.1, -0.05) is 4.49 Å². The zero-order valence-electron chi connectivity index (χ0n) is 13.0. The molecule has 2 aromatic heterocycles. The van der Waals surface area contributed by atoms with Gasteiger partial charge in [-0.3, -0.25) is 4.79 Å². The maximum Gasteiger partial charge on any atom is 0.308 e. The van der Waals surface area contributed by atoms with Crippen LogP contribution in [0.25, 0.3) is 10.6 Å². The Morgan fingerprint density at radius 2 is 2.00 bits per heavy atom. The Labute approximate surface area is 155 Å². The number of fused-ring (bicyclic) bond motifs is 3. The van der Waals surface area contributed by atoms with Gasteiger partial charge in [0.15, 0.2) is 16.4 Å². The van der Waals surface area contributed by atoms with E-state index in [2.05, 4.69) is 40.8 Å². The molecule has 5 rings (SSSR count). The van der Waals surface area contributed by atoms with E-state index in [-0.39, 0.29) is 34.1 Å². The number of nitrogens with one attached hydrogen (secondary N) is 1. The van der Waals surface area contributed by atoms with Gasteiger partial charge in [-0.05, 0) is 65.0 Å². The van der Waals surface area contributed by atoms with Crippen LogP contribution in [0.3, 0.4) is 0 Å². The molecule has 2 bridgehead atoms. The molecule has 2 heterocycles.